The summed E-state index contributed by atoms with van der Waals surface area (Å²) in [6.07, 6.45) is 0. The van der Waals surface area contributed by atoms with Crippen LogP contribution in [-0.2, 0) is 6.54 Å². The molecule has 0 saturated heterocycles. The van der Waals surface area contributed by atoms with Crippen LogP contribution < -0.4 is 4.74 Å². The Labute approximate surface area is 150 Å². The lowest BCUT2D eigenvalue weighted by Gasteiger charge is -2.10. The molecule has 0 spiro atoms. The number of nitriles is 1. The first kappa shape index (κ1) is 16.6. The monoisotopic (exact) mass is 382 g/mol. The minimum Gasteiger partial charge on any atom is -0.493 e. The van der Waals surface area contributed by atoms with Crippen molar-refractivity contribution in [2.45, 2.75) is 20.4 Å². The third-order valence-corrected chi connectivity index (χ3v) is 4.45. The van der Waals surface area contributed by atoms with Crippen LogP contribution in [0.25, 0.3) is 22.2 Å². The normalized spacial score (nSPS) is 10.8. The summed E-state index contributed by atoms with van der Waals surface area (Å²) in [6.45, 7) is 5.64. The highest BCUT2D eigenvalue weighted by molar-refractivity contribution is 9.09. The number of aromatic nitrogens is 1. The fourth-order valence-corrected chi connectivity index (χ4v) is 3.23. The van der Waals surface area contributed by atoms with E-state index >= 15 is 0 Å². The summed E-state index contributed by atoms with van der Waals surface area (Å²) in [6, 6.07) is 16.6. The number of halogens is 1. The Morgan fingerprint density at radius 2 is 1.92 bits per heavy atom. The third-order valence-electron chi connectivity index (χ3n) is 4.12. The van der Waals surface area contributed by atoms with Crippen LogP contribution >= 0.6 is 15.9 Å². The van der Waals surface area contributed by atoms with Gasteiger partial charge in [-0.3, -0.25) is 0 Å². The Kier molecular flexibility index (Phi) is 4.92. The van der Waals surface area contributed by atoms with Gasteiger partial charge in [-0.25, -0.2) is 0 Å². The second kappa shape index (κ2) is 7.11. The minimum atomic E-state index is 0.636. The molecule has 0 saturated carbocycles. The number of hydrogen-bond acceptors (Lipinski definition) is 2. The van der Waals surface area contributed by atoms with E-state index in [9.17, 15) is 5.26 Å². The van der Waals surface area contributed by atoms with Crippen molar-refractivity contribution < 1.29 is 4.74 Å². The van der Waals surface area contributed by atoms with Crippen molar-refractivity contribution >= 4 is 26.8 Å². The first-order valence-corrected chi connectivity index (χ1v) is 9.14. The van der Waals surface area contributed by atoms with Crippen molar-refractivity contribution in [1.29, 1.82) is 5.26 Å². The first-order chi connectivity index (χ1) is 11.7. The van der Waals surface area contributed by atoms with Gasteiger partial charge in [0, 0.05) is 17.3 Å². The lowest BCUT2D eigenvalue weighted by molar-refractivity contribution is 0.345. The second-order valence-corrected chi connectivity index (χ2v) is 6.46. The van der Waals surface area contributed by atoms with Gasteiger partial charge >= 0.3 is 0 Å². The van der Waals surface area contributed by atoms with E-state index in [0.717, 1.165) is 45.3 Å². The molecule has 3 nitrogen and oxygen atoms in total. The van der Waals surface area contributed by atoms with E-state index in [1.165, 1.54) is 5.56 Å². The van der Waals surface area contributed by atoms with Gasteiger partial charge in [0.1, 0.15) is 11.8 Å². The minimum absolute atomic E-state index is 0.636. The summed E-state index contributed by atoms with van der Waals surface area (Å²) in [5, 5.41) is 11.5. The summed E-state index contributed by atoms with van der Waals surface area (Å²) in [4.78, 5) is 0. The molecule has 0 atom stereocenters. The molecule has 0 aliphatic carbocycles. The number of ether oxygens (including phenoxy) is 1. The number of rotatable bonds is 5. The van der Waals surface area contributed by atoms with Crippen LogP contribution in [0.1, 0.15) is 18.1 Å². The van der Waals surface area contributed by atoms with E-state index in [-0.39, 0.29) is 0 Å². The van der Waals surface area contributed by atoms with Crippen molar-refractivity contribution in [1.82, 2.24) is 4.57 Å². The molecule has 1 aromatic heterocycles. The quantitative estimate of drug-likeness (QED) is 0.562. The number of fused-ring (bicyclic) bond motifs is 1. The molecule has 0 aliphatic heterocycles. The highest BCUT2D eigenvalue weighted by Gasteiger charge is 2.17. The van der Waals surface area contributed by atoms with Crippen LogP contribution in [0.2, 0.25) is 0 Å². The van der Waals surface area contributed by atoms with Crippen molar-refractivity contribution in [2.24, 2.45) is 0 Å². The molecule has 24 heavy (non-hydrogen) atoms. The Hall–Kier alpha value is -2.25. The first-order valence-electron chi connectivity index (χ1n) is 8.01. The molecule has 0 unspecified atom stereocenters. The van der Waals surface area contributed by atoms with E-state index in [1.54, 1.807) is 0 Å². The topological polar surface area (TPSA) is 38.0 Å². The van der Waals surface area contributed by atoms with Crippen LogP contribution in [0, 0.1) is 18.3 Å². The Bertz CT molecular complexity index is 904. The predicted octanol–water partition coefficient (Wildman–Crippen LogP) is 5.28. The molecule has 0 N–H and O–H groups in total. The van der Waals surface area contributed by atoms with Gasteiger partial charge in [-0.1, -0.05) is 28.1 Å². The number of alkyl halides is 1. The largest absolute Gasteiger partial charge is 0.493 e. The van der Waals surface area contributed by atoms with Gasteiger partial charge in [0.05, 0.1) is 23.4 Å². The SMILES string of the molecule is CCn1c(-c2ccc(OCCBr)cc2)c(C#N)c2ccc(C)cc21. The summed E-state index contributed by atoms with van der Waals surface area (Å²) >= 11 is 3.36. The molecule has 0 bridgehead atoms. The highest BCUT2D eigenvalue weighted by atomic mass is 79.9. The molecule has 1 heterocycles. The van der Waals surface area contributed by atoms with Crippen molar-refractivity contribution in [2.75, 3.05) is 11.9 Å². The van der Waals surface area contributed by atoms with Crippen molar-refractivity contribution in [3.05, 3.63) is 53.6 Å². The molecule has 0 fully saturated rings. The molecule has 0 radical (unpaired) electrons. The predicted molar refractivity (Wildman–Crippen MR) is 102 cm³/mol. The molecule has 4 heteroatoms. The van der Waals surface area contributed by atoms with Gasteiger partial charge < -0.3 is 9.30 Å². The summed E-state index contributed by atoms with van der Waals surface area (Å²) in [5.74, 6) is 0.840. The summed E-state index contributed by atoms with van der Waals surface area (Å²) < 4.78 is 7.83. The van der Waals surface area contributed by atoms with Gasteiger partial charge in [0.25, 0.3) is 0 Å². The molecule has 2 aromatic carbocycles. The number of benzene rings is 2. The van der Waals surface area contributed by atoms with E-state index < -0.39 is 0 Å². The lowest BCUT2D eigenvalue weighted by Crippen LogP contribution is -1.99. The number of nitrogens with zero attached hydrogens (tertiary/aromatic N) is 2. The van der Waals surface area contributed by atoms with Crippen LogP contribution in [0.5, 0.6) is 5.75 Å². The summed E-state index contributed by atoms with van der Waals surface area (Å²) in [7, 11) is 0. The second-order valence-electron chi connectivity index (χ2n) is 5.66. The van der Waals surface area contributed by atoms with Gasteiger partial charge in [-0.05, 0) is 55.3 Å². The van der Waals surface area contributed by atoms with E-state index in [2.05, 4.69) is 52.5 Å². The maximum Gasteiger partial charge on any atom is 0.119 e. The van der Waals surface area contributed by atoms with Crippen LogP contribution in [0.15, 0.2) is 42.5 Å². The van der Waals surface area contributed by atoms with E-state index in [0.29, 0.717) is 6.61 Å². The van der Waals surface area contributed by atoms with E-state index in [1.807, 2.05) is 30.3 Å². The number of hydrogen-bond donors (Lipinski definition) is 0. The molecular formula is C20H19BrN2O. The van der Waals surface area contributed by atoms with Crippen LogP contribution in [0.3, 0.4) is 0 Å². The van der Waals surface area contributed by atoms with Gasteiger partial charge in [0.15, 0.2) is 0 Å². The zero-order valence-corrected chi connectivity index (χ0v) is 15.4. The molecule has 0 aliphatic rings. The average Bonchev–Trinajstić information content (AvgIpc) is 2.92. The molecule has 0 amide bonds. The standard InChI is InChI=1S/C20H19BrN2O/c1-3-23-19-12-14(2)4-9-17(19)18(13-22)20(23)15-5-7-16(8-6-15)24-11-10-21/h4-9,12H,3,10-11H2,1-2H3. The number of aryl methyl sites for hydroxylation is 2. The third kappa shape index (κ3) is 2.92. The molecule has 3 aromatic rings. The fraction of sp³-hybridized carbons (Fsp3) is 0.250. The highest BCUT2D eigenvalue weighted by Crippen LogP contribution is 2.34. The van der Waals surface area contributed by atoms with E-state index in [4.69, 9.17) is 4.74 Å². The Morgan fingerprint density at radius 3 is 2.54 bits per heavy atom. The zero-order chi connectivity index (χ0) is 17.1. The Morgan fingerprint density at radius 1 is 1.17 bits per heavy atom. The molecule has 3 rings (SSSR count). The summed E-state index contributed by atoms with van der Waals surface area (Å²) in [5.41, 5.74) is 5.06. The lowest BCUT2D eigenvalue weighted by atomic mass is 10.1. The Balaban J connectivity index is 2.16. The van der Waals surface area contributed by atoms with Gasteiger partial charge in [-0.15, -0.1) is 0 Å². The van der Waals surface area contributed by atoms with Crippen molar-refractivity contribution in [3.8, 4) is 23.1 Å². The van der Waals surface area contributed by atoms with Crippen molar-refractivity contribution in [3.63, 3.8) is 0 Å². The van der Waals surface area contributed by atoms with Gasteiger partial charge in [0.2, 0.25) is 0 Å². The fourth-order valence-electron chi connectivity index (χ4n) is 3.07. The van der Waals surface area contributed by atoms with Crippen LogP contribution in [0.4, 0.5) is 0 Å². The van der Waals surface area contributed by atoms with Crippen LogP contribution in [-0.4, -0.2) is 16.5 Å². The maximum atomic E-state index is 9.73. The molecule has 122 valence electrons. The zero-order valence-electron chi connectivity index (χ0n) is 13.8. The molecular weight excluding hydrogens is 364 g/mol. The van der Waals surface area contributed by atoms with Gasteiger partial charge in [-0.2, -0.15) is 5.26 Å². The average molecular weight is 383 g/mol. The maximum absolute atomic E-state index is 9.73. The smallest absolute Gasteiger partial charge is 0.119 e.